The molecule has 0 aliphatic heterocycles. The van der Waals surface area contributed by atoms with Gasteiger partial charge in [0, 0.05) is 0 Å². The van der Waals surface area contributed by atoms with Crippen LogP contribution in [0.15, 0.2) is 35.2 Å². The summed E-state index contributed by atoms with van der Waals surface area (Å²) in [6.07, 6.45) is 0. The van der Waals surface area contributed by atoms with E-state index in [1.807, 2.05) is 0 Å². The molecule has 0 unspecified atom stereocenters. The zero-order valence-corrected chi connectivity index (χ0v) is 8.75. The van der Waals surface area contributed by atoms with E-state index in [2.05, 4.69) is 5.14 Å². The molecule has 14 heavy (non-hydrogen) atoms. The summed E-state index contributed by atoms with van der Waals surface area (Å²) in [5.74, 6) is 0. The molecule has 1 rings (SSSR count). The summed E-state index contributed by atoms with van der Waals surface area (Å²) in [5, 5.41) is 3.59. The molecule has 0 saturated heterocycles. The molecule has 0 saturated carbocycles. The maximum absolute atomic E-state index is 11.4. The van der Waals surface area contributed by atoms with Crippen LogP contribution in [0.5, 0.6) is 0 Å². The highest BCUT2D eigenvalue weighted by Gasteiger charge is 2.20. The molecule has 0 aliphatic carbocycles. The molecular formula is C7H9NO4S2. The lowest BCUT2D eigenvalue weighted by atomic mass is 10.4. The van der Waals surface area contributed by atoms with Crippen molar-refractivity contribution in [2.24, 2.45) is 5.14 Å². The summed E-state index contributed by atoms with van der Waals surface area (Å²) in [4.78, 5) is -0.0472. The molecule has 0 amide bonds. The number of hydrogen-bond donors (Lipinski definition) is 1. The van der Waals surface area contributed by atoms with Crippen molar-refractivity contribution in [2.75, 3.05) is 5.08 Å². The standard InChI is InChI=1S/C7H9NO4S2/c8-14(11,12)6-13(9,10)7-4-2-1-3-5-7/h1-5H,6H2,(H2,8,11,12). The van der Waals surface area contributed by atoms with E-state index in [0.717, 1.165) is 0 Å². The van der Waals surface area contributed by atoms with E-state index in [1.165, 1.54) is 24.3 Å². The lowest BCUT2D eigenvalue weighted by molar-refractivity contribution is 0.590. The molecule has 1 aromatic rings. The van der Waals surface area contributed by atoms with Crippen molar-refractivity contribution in [3.8, 4) is 0 Å². The zero-order valence-electron chi connectivity index (χ0n) is 7.12. The summed E-state index contributed by atoms with van der Waals surface area (Å²) >= 11 is 0. The second-order valence-corrected chi connectivity index (χ2v) is 6.68. The van der Waals surface area contributed by atoms with Gasteiger partial charge in [-0.25, -0.2) is 22.0 Å². The third-order valence-electron chi connectivity index (χ3n) is 1.42. The maximum Gasteiger partial charge on any atom is 0.223 e. The Hall–Kier alpha value is -0.920. The van der Waals surface area contributed by atoms with Crippen LogP contribution >= 0.6 is 0 Å². The van der Waals surface area contributed by atoms with Crippen LogP contribution in [0.25, 0.3) is 0 Å². The Bertz CT molecular complexity index is 504. The van der Waals surface area contributed by atoms with E-state index < -0.39 is 24.9 Å². The fraction of sp³-hybridized carbons (Fsp3) is 0.143. The van der Waals surface area contributed by atoms with Crippen molar-refractivity contribution < 1.29 is 16.8 Å². The Labute approximate surface area is 82.5 Å². The van der Waals surface area contributed by atoms with Gasteiger partial charge in [-0.3, -0.25) is 0 Å². The fourth-order valence-corrected chi connectivity index (χ4v) is 3.76. The van der Waals surface area contributed by atoms with E-state index in [1.54, 1.807) is 6.07 Å². The Kier molecular flexibility index (Phi) is 2.93. The first kappa shape index (κ1) is 11.2. The quantitative estimate of drug-likeness (QED) is 0.778. The van der Waals surface area contributed by atoms with Crippen molar-refractivity contribution in [1.82, 2.24) is 0 Å². The Morgan fingerprint density at radius 3 is 1.93 bits per heavy atom. The molecule has 7 heteroatoms. The molecule has 0 aromatic heterocycles. The molecule has 5 nitrogen and oxygen atoms in total. The van der Waals surface area contributed by atoms with Crippen molar-refractivity contribution in [1.29, 1.82) is 0 Å². The topological polar surface area (TPSA) is 94.3 Å². The number of benzene rings is 1. The van der Waals surface area contributed by atoms with Crippen LogP contribution in [0.1, 0.15) is 0 Å². The van der Waals surface area contributed by atoms with Gasteiger partial charge in [-0.05, 0) is 12.1 Å². The molecule has 0 heterocycles. The molecule has 0 spiro atoms. The number of sulfone groups is 1. The van der Waals surface area contributed by atoms with Gasteiger partial charge < -0.3 is 0 Å². The number of sulfonamides is 1. The minimum Gasteiger partial charge on any atom is -0.228 e. The van der Waals surface area contributed by atoms with E-state index in [4.69, 9.17) is 0 Å². The summed E-state index contributed by atoms with van der Waals surface area (Å²) in [6.45, 7) is 0. The van der Waals surface area contributed by atoms with Gasteiger partial charge in [0.25, 0.3) is 0 Å². The van der Waals surface area contributed by atoms with Gasteiger partial charge in [0.15, 0.2) is 14.9 Å². The summed E-state index contributed by atoms with van der Waals surface area (Å²) in [5.41, 5.74) is 0. The normalized spacial score (nSPS) is 12.6. The van der Waals surface area contributed by atoms with Gasteiger partial charge in [-0.2, -0.15) is 0 Å². The number of primary sulfonamides is 1. The molecule has 0 atom stereocenters. The Morgan fingerprint density at radius 1 is 1.00 bits per heavy atom. The summed E-state index contributed by atoms with van der Waals surface area (Å²) in [7, 11) is -7.85. The smallest absolute Gasteiger partial charge is 0.223 e. The highest BCUT2D eigenvalue weighted by atomic mass is 32.3. The molecular weight excluding hydrogens is 226 g/mol. The van der Waals surface area contributed by atoms with Crippen molar-refractivity contribution >= 4 is 19.9 Å². The van der Waals surface area contributed by atoms with Crippen LogP contribution in [0.3, 0.4) is 0 Å². The molecule has 1 aromatic carbocycles. The van der Waals surface area contributed by atoms with E-state index in [9.17, 15) is 16.8 Å². The predicted molar refractivity (Wildman–Crippen MR) is 51.6 cm³/mol. The van der Waals surface area contributed by atoms with Crippen molar-refractivity contribution in [3.63, 3.8) is 0 Å². The SMILES string of the molecule is NS(=O)(=O)CS(=O)(=O)c1ccccc1. The maximum atomic E-state index is 11.4. The monoisotopic (exact) mass is 235 g/mol. The van der Waals surface area contributed by atoms with E-state index >= 15 is 0 Å². The number of nitrogens with two attached hydrogens (primary N) is 1. The fourth-order valence-electron chi connectivity index (χ4n) is 0.912. The van der Waals surface area contributed by atoms with Crippen LogP contribution in [-0.2, 0) is 19.9 Å². The number of rotatable bonds is 3. The zero-order chi connectivity index (χ0) is 10.8. The molecule has 2 N–H and O–H groups in total. The van der Waals surface area contributed by atoms with E-state index in [-0.39, 0.29) is 4.90 Å². The second-order valence-electron chi connectivity index (χ2n) is 2.71. The first-order chi connectivity index (χ1) is 6.31. The first-order valence-corrected chi connectivity index (χ1v) is 6.96. The van der Waals surface area contributed by atoms with Crippen molar-refractivity contribution in [2.45, 2.75) is 4.90 Å². The summed E-state index contributed by atoms with van der Waals surface area (Å²) in [6, 6.07) is 7.29. The van der Waals surface area contributed by atoms with Crippen LogP contribution < -0.4 is 5.14 Å². The highest BCUT2D eigenvalue weighted by molar-refractivity contribution is 8.07. The van der Waals surface area contributed by atoms with Gasteiger partial charge in [0.2, 0.25) is 10.0 Å². The third-order valence-corrected chi connectivity index (χ3v) is 4.97. The molecule has 78 valence electrons. The molecule has 0 fully saturated rings. The van der Waals surface area contributed by atoms with Crippen LogP contribution in [0.2, 0.25) is 0 Å². The van der Waals surface area contributed by atoms with Gasteiger partial charge in [-0.15, -0.1) is 0 Å². The van der Waals surface area contributed by atoms with Crippen LogP contribution in [-0.4, -0.2) is 21.9 Å². The molecule has 0 radical (unpaired) electrons. The van der Waals surface area contributed by atoms with Crippen molar-refractivity contribution in [3.05, 3.63) is 30.3 Å². The lowest BCUT2D eigenvalue weighted by Crippen LogP contribution is -2.23. The minimum absolute atomic E-state index is 0.0472. The summed E-state index contributed by atoms with van der Waals surface area (Å²) < 4.78 is 44.0. The van der Waals surface area contributed by atoms with Crippen LogP contribution in [0, 0.1) is 0 Å². The average Bonchev–Trinajstić information content (AvgIpc) is 2.01. The Morgan fingerprint density at radius 2 is 1.50 bits per heavy atom. The highest BCUT2D eigenvalue weighted by Crippen LogP contribution is 2.10. The predicted octanol–water partition coefficient (Wildman–Crippen LogP) is -0.294. The molecule has 0 bridgehead atoms. The van der Waals surface area contributed by atoms with E-state index in [0.29, 0.717) is 0 Å². The third kappa shape index (κ3) is 3.09. The van der Waals surface area contributed by atoms with Gasteiger partial charge in [-0.1, -0.05) is 18.2 Å². The Balaban J connectivity index is 3.12. The first-order valence-electron chi connectivity index (χ1n) is 3.59. The molecule has 0 aliphatic rings. The lowest BCUT2D eigenvalue weighted by Gasteiger charge is -2.01. The largest absolute Gasteiger partial charge is 0.228 e. The average molecular weight is 235 g/mol. The van der Waals surface area contributed by atoms with Gasteiger partial charge in [0.05, 0.1) is 4.90 Å². The number of hydrogen-bond acceptors (Lipinski definition) is 4. The minimum atomic E-state index is -4.02. The second kappa shape index (κ2) is 3.68. The van der Waals surface area contributed by atoms with Gasteiger partial charge >= 0.3 is 0 Å². The van der Waals surface area contributed by atoms with Crippen LogP contribution in [0.4, 0.5) is 0 Å². The van der Waals surface area contributed by atoms with Gasteiger partial charge in [0.1, 0.15) is 0 Å².